The largest absolute Gasteiger partial charge is 0.388 e. The van der Waals surface area contributed by atoms with Gasteiger partial charge in [-0.1, -0.05) is 13.0 Å². The molecule has 1 rings (SSSR count). The minimum Gasteiger partial charge on any atom is -0.388 e. The highest BCUT2D eigenvalue weighted by molar-refractivity contribution is 5.96. The molecule has 0 aromatic heterocycles. The van der Waals surface area contributed by atoms with Crippen molar-refractivity contribution in [2.45, 2.75) is 32.8 Å². The Hall–Kier alpha value is -1.95. The quantitative estimate of drug-likeness (QED) is 0.627. The molecule has 1 aromatic carbocycles. The van der Waals surface area contributed by atoms with Crippen LogP contribution in [-0.2, 0) is 0 Å². The van der Waals surface area contributed by atoms with E-state index >= 15 is 0 Å². The molecule has 2 N–H and O–H groups in total. The van der Waals surface area contributed by atoms with Crippen molar-refractivity contribution < 1.29 is 14.8 Å². The second kappa shape index (κ2) is 5.79. The van der Waals surface area contributed by atoms with Crippen LogP contribution in [0.5, 0.6) is 0 Å². The van der Waals surface area contributed by atoms with Crippen molar-refractivity contribution in [2.24, 2.45) is 0 Å². The Labute approximate surface area is 111 Å². The number of benzene rings is 1. The summed E-state index contributed by atoms with van der Waals surface area (Å²) in [5, 5.41) is 23.1. The number of hydrogen-bond donors (Lipinski definition) is 2. The molecule has 6 heteroatoms. The number of hydrogen-bond acceptors (Lipinski definition) is 4. The second-order valence-electron chi connectivity index (χ2n) is 4.79. The van der Waals surface area contributed by atoms with Crippen molar-refractivity contribution in [3.63, 3.8) is 0 Å². The molecule has 1 unspecified atom stereocenters. The van der Waals surface area contributed by atoms with Gasteiger partial charge in [-0.15, -0.1) is 0 Å². The van der Waals surface area contributed by atoms with Gasteiger partial charge in [0.1, 0.15) is 0 Å². The minimum atomic E-state index is -0.982. The van der Waals surface area contributed by atoms with E-state index < -0.39 is 16.4 Å². The fourth-order valence-electron chi connectivity index (χ4n) is 1.46. The van der Waals surface area contributed by atoms with E-state index in [2.05, 4.69) is 5.32 Å². The molecule has 0 heterocycles. The Bertz CT molecular complexity index is 497. The number of non-ortho nitro benzene ring substituents is 1. The van der Waals surface area contributed by atoms with Crippen LogP contribution in [0.3, 0.4) is 0 Å². The fraction of sp³-hybridized carbons (Fsp3) is 0.462. The Balaban J connectivity index is 2.88. The fourth-order valence-corrected chi connectivity index (χ4v) is 1.46. The zero-order valence-electron chi connectivity index (χ0n) is 11.3. The summed E-state index contributed by atoms with van der Waals surface area (Å²) in [6, 6.07) is 4.13. The normalized spacial score (nSPS) is 13.7. The van der Waals surface area contributed by atoms with Gasteiger partial charge in [-0.2, -0.15) is 0 Å². The maximum absolute atomic E-state index is 12.0. The average Bonchev–Trinajstić information content (AvgIpc) is 2.36. The van der Waals surface area contributed by atoms with Crippen LogP contribution in [0.15, 0.2) is 18.2 Å². The van der Waals surface area contributed by atoms with Crippen LogP contribution in [0.1, 0.15) is 36.2 Å². The summed E-state index contributed by atoms with van der Waals surface area (Å²) < 4.78 is 0. The first-order valence-electron chi connectivity index (χ1n) is 6.02. The van der Waals surface area contributed by atoms with Gasteiger partial charge in [-0.05, 0) is 25.8 Å². The molecule has 1 atom stereocenters. The first-order chi connectivity index (χ1) is 8.76. The van der Waals surface area contributed by atoms with Gasteiger partial charge in [-0.25, -0.2) is 0 Å². The predicted octanol–water partition coefficient (Wildman–Crippen LogP) is 1.79. The number of carbonyl (C=O) groups excluding carboxylic acids is 1. The Kier molecular flexibility index (Phi) is 4.61. The van der Waals surface area contributed by atoms with Crippen molar-refractivity contribution in [3.05, 3.63) is 39.4 Å². The van der Waals surface area contributed by atoms with Crippen LogP contribution < -0.4 is 5.32 Å². The van der Waals surface area contributed by atoms with Crippen molar-refractivity contribution in [1.29, 1.82) is 0 Å². The maximum Gasteiger partial charge on any atom is 0.270 e. The summed E-state index contributed by atoms with van der Waals surface area (Å²) in [6.45, 7) is 5.24. The van der Waals surface area contributed by atoms with E-state index in [0.717, 1.165) is 0 Å². The van der Waals surface area contributed by atoms with E-state index in [4.69, 9.17) is 0 Å². The highest BCUT2D eigenvalue weighted by Gasteiger charge is 2.20. The molecular formula is C13H18N2O4. The lowest BCUT2D eigenvalue weighted by molar-refractivity contribution is -0.384. The van der Waals surface area contributed by atoms with E-state index in [1.54, 1.807) is 13.8 Å². The monoisotopic (exact) mass is 266 g/mol. The molecule has 19 heavy (non-hydrogen) atoms. The molecule has 0 fully saturated rings. The molecule has 6 nitrogen and oxygen atoms in total. The summed E-state index contributed by atoms with van der Waals surface area (Å²) in [6.07, 6.45) is 0.501. The molecule has 0 spiro atoms. The van der Waals surface area contributed by atoms with Crippen LogP contribution in [-0.4, -0.2) is 28.1 Å². The third-order valence-electron chi connectivity index (χ3n) is 3.07. The van der Waals surface area contributed by atoms with Gasteiger partial charge in [0.2, 0.25) is 0 Å². The molecule has 0 saturated carbocycles. The third kappa shape index (κ3) is 4.03. The van der Waals surface area contributed by atoms with Crippen molar-refractivity contribution >= 4 is 11.6 Å². The number of amides is 1. The first kappa shape index (κ1) is 15.1. The Morgan fingerprint density at radius 2 is 2.16 bits per heavy atom. The third-order valence-corrected chi connectivity index (χ3v) is 3.07. The van der Waals surface area contributed by atoms with Crippen LogP contribution in [0.2, 0.25) is 0 Å². The van der Waals surface area contributed by atoms with Crippen LogP contribution in [0.25, 0.3) is 0 Å². The summed E-state index contributed by atoms with van der Waals surface area (Å²) in [4.78, 5) is 22.1. The predicted molar refractivity (Wildman–Crippen MR) is 71.1 cm³/mol. The van der Waals surface area contributed by atoms with Crippen molar-refractivity contribution in [1.82, 2.24) is 5.32 Å². The molecular weight excluding hydrogens is 248 g/mol. The van der Waals surface area contributed by atoms with E-state index in [1.807, 2.05) is 6.92 Å². The van der Waals surface area contributed by atoms with E-state index in [0.29, 0.717) is 12.0 Å². The first-order valence-corrected chi connectivity index (χ1v) is 6.02. The maximum atomic E-state index is 12.0. The van der Waals surface area contributed by atoms with Gasteiger partial charge in [0.25, 0.3) is 11.6 Å². The number of nitro benzene ring substituents is 1. The van der Waals surface area contributed by atoms with Crippen molar-refractivity contribution in [2.75, 3.05) is 6.54 Å². The van der Waals surface area contributed by atoms with Crippen LogP contribution >= 0.6 is 0 Å². The van der Waals surface area contributed by atoms with Gasteiger partial charge in [-0.3, -0.25) is 14.9 Å². The Morgan fingerprint density at radius 3 is 2.68 bits per heavy atom. The lowest BCUT2D eigenvalue weighted by Crippen LogP contribution is -2.40. The topological polar surface area (TPSA) is 92.5 Å². The number of carbonyl (C=O) groups is 1. The molecule has 0 saturated heterocycles. The SMILES string of the molecule is CCC(C)(O)CNC(=O)c1cc([N+](=O)[O-])ccc1C. The highest BCUT2D eigenvalue weighted by Crippen LogP contribution is 2.17. The molecule has 1 amide bonds. The smallest absolute Gasteiger partial charge is 0.270 e. The number of rotatable bonds is 5. The number of aryl methyl sites for hydroxylation is 1. The van der Waals surface area contributed by atoms with Crippen molar-refractivity contribution in [3.8, 4) is 0 Å². The van der Waals surface area contributed by atoms with Crippen LogP contribution in [0, 0.1) is 17.0 Å². The number of nitrogens with zero attached hydrogens (tertiary/aromatic N) is 1. The molecule has 0 bridgehead atoms. The summed E-state index contributed by atoms with van der Waals surface area (Å²) in [7, 11) is 0. The molecule has 0 radical (unpaired) electrons. The highest BCUT2D eigenvalue weighted by atomic mass is 16.6. The minimum absolute atomic E-state index is 0.102. The lowest BCUT2D eigenvalue weighted by atomic mass is 10.0. The zero-order chi connectivity index (χ0) is 14.6. The van der Waals surface area contributed by atoms with E-state index in [9.17, 15) is 20.0 Å². The van der Waals surface area contributed by atoms with Gasteiger partial charge < -0.3 is 10.4 Å². The molecule has 0 aliphatic carbocycles. The number of nitrogens with one attached hydrogen (secondary N) is 1. The Morgan fingerprint density at radius 1 is 1.53 bits per heavy atom. The summed E-state index contributed by atoms with van der Waals surface area (Å²) in [5.74, 6) is -0.421. The molecule has 0 aliphatic heterocycles. The van der Waals surface area contributed by atoms with E-state index in [1.165, 1.54) is 18.2 Å². The molecule has 0 aliphatic rings. The number of aliphatic hydroxyl groups is 1. The van der Waals surface area contributed by atoms with E-state index in [-0.39, 0.29) is 17.8 Å². The van der Waals surface area contributed by atoms with Gasteiger partial charge >= 0.3 is 0 Å². The number of nitro groups is 1. The lowest BCUT2D eigenvalue weighted by Gasteiger charge is -2.21. The standard InChI is InChI=1S/C13H18N2O4/c1-4-13(3,17)8-14-12(16)11-7-10(15(18)19)6-5-9(11)2/h5-7,17H,4,8H2,1-3H3,(H,14,16). The zero-order valence-corrected chi connectivity index (χ0v) is 11.3. The van der Waals surface area contributed by atoms with Gasteiger partial charge in [0.15, 0.2) is 0 Å². The summed E-state index contributed by atoms with van der Waals surface area (Å²) >= 11 is 0. The van der Waals surface area contributed by atoms with Gasteiger partial charge in [0.05, 0.1) is 10.5 Å². The molecule has 104 valence electrons. The van der Waals surface area contributed by atoms with Crippen LogP contribution in [0.4, 0.5) is 5.69 Å². The van der Waals surface area contributed by atoms with Gasteiger partial charge in [0, 0.05) is 24.2 Å². The molecule has 1 aromatic rings. The second-order valence-corrected chi connectivity index (χ2v) is 4.79. The average molecular weight is 266 g/mol. The summed E-state index contributed by atoms with van der Waals surface area (Å²) in [5.41, 5.74) is -0.206.